The SMILES string of the molecule is CC(=O)N1CCCN(C(=O)c2c(N3CCOCC3)noc2-c2ccccc2)CC1. The van der Waals surface area contributed by atoms with E-state index in [4.69, 9.17) is 9.26 Å². The van der Waals surface area contributed by atoms with Crippen LogP contribution in [-0.2, 0) is 9.53 Å². The summed E-state index contributed by atoms with van der Waals surface area (Å²) >= 11 is 0. The minimum Gasteiger partial charge on any atom is -0.378 e. The Morgan fingerprint density at radius 1 is 0.931 bits per heavy atom. The number of carbonyl (C=O) groups excluding carboxylic acids is 2. The number of carbonyl (C=O) groups is 2. The number of hydrogen-bond acceptors (Lipinski definition) is 6. The molecule has 0 N–H and O–H groups in total. The first-order chi connectivity index (χ1) is 14.1. The second-order valence-electron chi connectivity index (χ2n) is 7.33. The van der Waals surface area contributed by atoms with Gasteiger partial charge < -0.3 is 24.0 Å². The van der Waals surface area contributed by atoms with E-state index in [9.17, 15) is 9.59 Å². The van der Waals surface area contributed by atoms with Gasteiger partial charge in [-0.3, -0.25) is 9.59 Å². The summed E-state index contributed by atoms with van der Waals surface area (Å²) < 4.78 is 11.1. The van der Waals surface area contributed by atoms with Crippen LogP contribution in [0.25, 0.3) is 11.3 Å². The van der Waals surface area contributed by atoms with Gasteiger partial charge in [0.15, 0.2) is 11.6 Å². The molecule has 0 spiro atoms. The molecule has 3 heterocycles. The van der Waals surface area contributed by atoms with Crippen molar-refractivity contribution in [3.8, 4) is 11.3 Å². The summed E-state index contributed by atoms with van der Waals surface area (Å²) in [5.41, 5.74) is 1.32. The number of benzene rings is 1. The van der Waals surface area contributed by atoms with E-state index >= 15 is 0 Å². The van der Waals surface area contributed by atoms with E-state index in [0.29, 0.717) is 69.6 Å². The molecule has 1 aromatic carbocycles. The van der Waals surface area contributed by atoms with Crippen LogP contribution >= 0.6 is 0 Å². The smallest absolute Gasteiger partial charge is 0.261 e. The van der Waals surface area contributed by atoms with Gasteiger partial charge in [0, 0.05) is 51.8 Å². The summed E-state index contributed by atoms with van der Waals surface area (Å²) in [5.74, 6) is 1.01. The van der Waals surface area contributed by atoms with Crippen LogP contribution < -0.4 is 4.90 Å². The molecule has 0 radical (unpaired) electrons. The molecule has 0 aliphatic carbocycles. The van der Waals surface area contributed by atoms with Crippen molar-refractivity contribution in [2.45, 2.75) is 13.3 Å². The maximum Gasteiger partial charge on any atom is 0.261 e. The lowest BCUT2D eigenvalue weighted by Gasteiger charge is -2.28. The largest absolute Gasteiger partial charge is 0.378 e. The number of rotatable bonds is 3. The molecule has 1 aromatic heterocycles. The Bertz CT molecular complexity index is 861. The van der Waals surface area contributed by atoms with Crippen molar-refractivity contribution >= 4 is 17.6 Å². The summed E-state index contributed by atoms with van der Waals surface area (Å²) in [5, 5.41) is 4.28. The van der Waals surface area contributed by atoms with Gasteiger partial charge >= 0.3 is 0 Å². The number of ether oxygens (including phenoxy) is 1. The predicted octanol–water partition coefficient (Wildman–Crippen LogP) is 1.87. The average Bonchev–Trinajstić information content (AvgIpc) is 3.04. The third kappa shape index (κ3) is 4.12. The van der Waals surface area contributed by atoms with Crippen molar-refractivity contribution in [2.24, 2.45) is 0 Å². The van der Waals surface area contributed by atoms with Crippen LogP contribution in [0, 0.1) is 0 Å². The maximum absolute atomic E-state index is 13.6. The van der Waals surface area contributed by atoms with E-state index < -0.39 is 0 Å². The summed E-state index contributed by atoms with van der Waals surface area (Å²) in [4.78, 5) is 31.0. The normalized spacial score (nSPS) is 17.9. The Balaban J connectivity index is 1.67. The van der Waals surface area contributed by atoms with Crippen LogP contribution in [0.1, 0.15) is 23.7 Å². The number of anilines is 1. The maximum atomic E-state index is 13.6. The topological polar surface area (TPSA) is 79.1 Å². The van der Waals surface area contributed by atoms with Crippen LogP contribution in [0.4, 0.5) is 5.82 Å². The molecule has 0 bridgehead atoms. The van der Waals surface area contributed by atoms with Gasteiger partial charge in [-0.2, -0.15) is 0 Å². The predicted molar refractivity (Wildman–Crippen MR) is 108 cm³/mol. The highest BCUT2D eigenvalue weighted by atomic mass is 16.5. The van der Waals surface area contributed by atoms with Gasteiger partial charge in [-0.1, -0.05) is 35.5 Å². The number of morpholine rings is 1. The van der Waals surface area contributed by atoms with Crippen molar-refractivity contribution in [3.63, 3.8) is 0 Å². The zero-order valence-electron chi connectivity index (χ0n) is 16.7. The molecule has 0 unspecified atom stereocenters. The summed E-state index contributed by atoms with van der Waals surface area (Å²) in [6.45, 7) is 6.41. The van der Waals surface area contributed by atoms with E-state index in [1.807, 2.05) is 40.1 Å². The zero-order valence-corrected chi connectivity index (χ0v) is 16.7. The van der Waals surface area contributed by atoms with Crippen LogP contribution in [0.15, 0.2) is 34.9 Å². The molecule has 2 fully saturated rings. The minimum absolute atomic E-state index is 0.0447. The molecule has 2 aliphatic rings. The van der Waals surface area contributed by atoms with Crippen LogP contribution in [0.3, 0.4) is 0 Å². The van der Waals surface area contributed by atoms with Crippen LogP contribution in [-0.4, -0.2) is 79.3 Å². The molecule has 4 rings (SSSR count). The Morgan fingerprint density at radius 3 is 2.34 bits per heavy atom. The van der Waals surface area contributed by atoms with Crippen molar-refractivity contribution < 1.29 is 18.8 Å². The van der Waals surface area contributed by atoms with Gasteiger partial charge in [-0.15, -0.1) is 0 Å². The van der Waals surface area contributed by atoms with Crippen LogP contribution in [0.2, 0.25) is 0 Å². The second kappa shape index (κ2) is 8.65. The van der Waals surface area contributed by atoms with Gasteiger partial charge in [-0.05, 0) is 6.42 Å². The standard InChI is InChI=1S/C21H26N4O4/c1-16(26)23-8-5-9-25(11-10-23)21(27)18-19(17-6-3-2-4-7-17)29-22-20(18)24-12-14-28-15-13-24/h2-4,6-7H,5,8-15H2,1H3. The number of amides is 2. The number of nitrogens with zero attached hydrogens (tertiary/aromatic N) is 4. The summed E-state index contributed by atoms with van der Waals surface area (Å²) in [6.07, 6.45) is 0.754. The number of hydrogen-bond donors (Lipinski definition) is 0. The van der Waals surface area contributed by atoms with Crippen molar-refractivity contribution in [3.05, 3.63) is 35.9 Å². The molecule has 2 amide bonds. The molecule has 2 aliphatic heterocycles. The third-order valence-corrected chi connectivity index (χ3v) is 5.46. The van der Waals surface area contributed by atoms with Gasteiger partial charge in [0.25, 0.3) is 5.91 Å². The Kier molecular flexibility index (Phi) is 5.80. The zero-order chi connectivity index (χ0) is 20.2. The van der Waals surface area contributed by atoms with Crippen LogP contribution in [0.5, 0.6) is 0 Å². The molecule has 154 valence electrons. The van der Waals surface area contributed by atoms with Gasteiger partial charge in [0.05, 0.1) is 13.2 Å². The molecule has 8 nitrogen and oxygen atoms in total. The fourth-order valence-corrected chi connectivity index (χ4v) is 3.85. The molecule has 8 heteroatoms. The summed E-state index contributed by atoms with van der Waals surface area (Å²) in [6, 6.07) is 9.59. The molecular weight excluding hydrogens is 372 g/mol. The van der Waals surface area contributed by atoms with E-state index in [0.717, 1.165) is 12.0 Å². The summed E-state index contributed by atoms with van der Waals surface area (Å²) in [7, 11) is 0. The van der Waals surface area contributed by atoms with Gasteiger partial charge in [0.2, 0.25) is 5.91 Å². The molecular formula is C21H26N4O4. The molecule has 2 saturated heterocycles. The second-order valence-corrected chi connectivity index (χ2v) is 7.33. The van der Waals surface area contributed by atoms with Crippen molar-refractivity contribution in [1.82, 2.24) is 15.0 Å². The van der Waals surface area contributed by atoms with E-state index in [2.05, 4.69) is 5.16 Å². The highest BCUT2D eigenvalue weighted by Crippen LogP contribution is 2.33. The fraction of sp³-hybridized carbons (Fsp3) is 0.476. The van der Waals surface area contributed by atoms with Gasteiger partial charge in [-0.25, -0.2) is 0 Å². The lowest BCUT2D eigenvalue weighted by Crippen LogP contribution is -2.40. The number of aromatic nitrogens is 1. The molecule has 2 aromatic rings. The quantitative estimate of drug-likeness (QED) is 0.785. The van der Waals surface area contributed by atoms with E-state index in [-0.39, 0.29) is 11.8 Å². The Hall–Kier alpha value is -2.87. The first-order valence-corrected chi connectivity index (χ1v) is 10.1. The lowest BCUT2D eigenvalue weighted by atomic mass is 10.1. The Labute approximate surface area is 170 Å². The highest BCUT2D eigenvalue weighted by molar-refractivity contribution is 6.04. The fourth-order valence-electron chi connectivity index (χ4n) is 3.85. The lowest BCUT2D eigenvalue weighted by molar-refractivity contribution is -0.128. The third-order valence-electron chi connectivity index (χ3n) is 5.46. The minimum atomic E-state index is -0.100. The molecule has 0 saturated carbocycles. The Morgan fingerprint density at radius 2 is 1.62 bits per heavy atom. The van der Waals surface area contributed by atoms with E-state index in [1.54, 1.807) is 11.8 Å². The average molecular weight is 398 g/mol. The van der Waals surface area contributed by atoms with Crippen molar-refractivity contribution in [1.29, 1.82) is 0 Å². The first-order valence-electron chi connectivity index (χ1n) is 10.1. The van der Waals surface area contributed by atoms with Crippen molar-refractivity contribution in [2.75, 3.05) is 57.4 Å². The van der Waals surface area contributed by atoms with Gasteiger partial charge in [0.1, 0.15) is 5.56 Å². The highest BCUT2D eigenvalue weighted by Gasteiger charge is 2.32. The molecule has 0 atom stereocenters. The monoisotopic (exact) mass is 398 g/mol. The molecule has 29 heavy (non-hydrogen) atoms. The first kappa shape index (κ1) is 19.4. The van der Waals surface area contributed by atoms with E-state index in [1.165, 1.54) is 0 Å².